The van der Waals surface area contributed by atoms with E-state index < -0.39 is 0 Å². The van der Waals surface area contributed by atoms with Crippen molar-refractivity contribution in [1.29, 1.82) is 0 Å². The lowest BCUT2D eigenvalue weighted by atomic mass is 9.94. The highest BCUT2D eigenvalue weighted by Crippen LogP contribution is 2.22. The lowest BCUT2D eigenvalue weighted by Gasteiger charge is -2.26. The van der Waals surface area contributed by atoms with Gasteiger partial charge in [-0.3, -0.25) is 4.90 Å². The zero-order chi connectivity index (χ0) is 20.6. The fraction of sp³-hybridized carbons (Fsp3) is 0.458. The Bertz CT molecular complexity index is 791. The van der Waals surface area contributed by atoms with Crippen molar-refractivity contribution in [1.82, 2.24) is 10.2 Å². The number of hydrogen-bond donors (Lipinski definition) is 1. The van der Waals surface area contributed by atoms with Crippen LogP contribution in [0.25, 0.3) is 0 Å². The normalized spacial score (nSPS) is 19.5. The Labute approximate surface area is 178 Å². The van der Waals surface area contributed by atoms with Gasteiger partial charge in [0.1, 0.15) is 37.4 Å². The van der Waals surface area contributed by atoms with Crippen molar-refractivity contribution in [2.45, 2.75) is 31.9 Å². The van der Waals surface area contributed by atoms with E-state index in [2.05, 4.69) is 5.32 Å². The molecule has 2 aromatic rings. The topological polar surface area (TPSA) is 60.0 Å². The molecule has 0 saturated carbocycles. The van der Waals surface area contributed by atoms with Crippen LogP contribution in [0, 0.1) is 5.92 Å². The summed E-state index contributed by atoms with van der Waals surface area (Å²) < 4.78 is 17.0. The molecule has 1 amide bonds. The molecule has 2 fully saturated rings. The third kappa shape index (κ3) is 5.66. The molecule has 6 nitrogen and oxygen atoms in total. The number of carbonyl (C=O) groups excluding carboxylic acids is 1. The smallest absolute Gasteiger partial charge is 0.410 e. The van der Waals surface area contributed by atoms with Gasteiger partial charge in [0.2, 0.25) is 0 Å². The minimum absolute atomic E-state index is 0.0341. The number of carbonyl (C=O) groups is 1. The number of amides is 1. The van der Waals surface area contributed by atoms with Crippen LogP contribution in [0.4, 0.5) is 4.79 Å². The zero-order valence-electron chi connectivity index (χ0n) is 17.3. The van der Waals surface area contributed by atoms with Gasteiger partial charge < -0.3 is 19.5 Å². The first-order chi connectivity index (χ1) is 14.8. The molecule has 0 radical (unpaired) electrons. The lowest BCUT2D eigenvalue weighted by molar-refractivity contribution is 0.151. The van der Waals surface area contributed by atoms with Crippen molar-refractivity contribution in [2.24, 2.45) is 5.92 Å². The number of ether oxygens (including phenoxy) is 3. The second-order valence-electron chi connectivity index (χ2n) is 7.96. The van der Waals surface area contributed by atoms with Gasteiger partial charge in [0, 0.05) is 6.54 Å². The van der Waals surface area contributed by atoms with E-state index in [0.717, 1.165) is 43.1 Å². The molecule has 1 N–H and O–H groups in total. The number of piperidine rings is 1. The maximum atomic E-state index is 12.1. The number of benzene rings is 2. The van der Waals surface area contributed by atoms with Gasteiger partial charge in [-0.25, -0.2) is 4.79 Å². The van der Waals surface area contributed by atoms with Gasteiger partial charge in [0.05, 0.1) is 0 Å². The van der Waals surface area contributed by atoms with Crippen molar-refractivity contribution < 1.29 is 19.0 Å². The number of rotatable bonds is 9. The molecule has 160 valence electrons. The standard InChI is InChI=1S/C24H30N2O4/c27-24-26(15-12-19-10-13-25-14-11-19)21(18-30-24)17-29-23-8-6-22(7-9-23)28-16-20-4-2-1-3-5-20/h1-9,19,21,25H,10-18H2. The lowest BCUT2D eigenvalue weighted by Crippen LogP contribution is -2.39. The van der Waals surface area contributed by atoms with E-state index in [4.69, 9.17) is 14.2 Å². The quantitative estimate of drug-likeness (QED) is 0.680. The molecule has 6 heteroatoms. The summed E-state index contributed by atoms with van der Waals surface area (Å²) in [6, 6.07) is 17.7. The first kappa shape index (κ1) is 20.5. The van der Waals surface area contributed by atoms with Crippen molar-refractivity contribution in [3.63, 3.8) is 0 Å². The Morgan fingerprint density at radius 3 is 2.40 bits per heavy atom. The minimum atomic E-state index is -0.220. The van der Waals surface area contributed by atoms with Crippen molar-refractivity contribution >= 4 is 6.09 Å². The Morgan fingerprint density at radius 2 is 1.67 bits per heavy atom. The average Bonchev–Trinajstić information content (AvgIpc) is 3.16. The number of cyclic esters (lactones) is 1. The Balaban J connectivity index is 1.23. The van der Waals surface area contributed by atoms with Gasteiger partial charge in [0.15, 0.2) is 0 Å². The molecule has 2 aliphatic heterocycles. The van der Waals surface area contributed by atoms with Gasteiger partial charge in [-0.05, 0) is 68.1 Å². The molecule has 0 aromatic heterocycles. The van der Waals surface area contributed by atoms with Crippen LogP contribution in [0.2, 0.25) is 0 Å². The molecule has 2 aliphatic rings. The third-order valence-electron chi connectivity index (χ3n) is 5.83. The van der Waals surface area contributed by atoms with E-state index in [1.165, 1.54) is 12.8 Å². The van der Waals surface area contributed by atoms with Crippen LogP contribution in [0.5, 0.6) is 11.5 Å². The molecule has 0 spiro atoms. The van der Waals surface area contributed by atoms with Crippen LogP contribution >= 0.6 is 0 Å². The summed E-state index contributed by atoms with van der Waals surface area (Å²) in [6.07, 6.45) is 3.17. The largest absolute Gasteiger partial charge is 0.491 e. The van der Waals surface area contributed by atoms with Gasteiger partial charge in [-0.15, -0.1) is 0 Å². The summed E-state index contributed by atoms with van der Waals surface area (Å²) in [5.74, 6) is 2.25. The second kappa shape index (κ2) is 10.3. The summed E-state index contributed by atoms with van der Waals surface area (Å²) in [5, 5.41) is 3.38. The molecule has 1 unspecified atom stereocenters. The summed E-state index contributed by atoms with van der Waals surface area (Å²) in [6.45, 7) is 4.25. The molecule has 1 atom stereocenters. The van der Waals surface area contributed by atoms with E-state index in [1.54, 1.807) is 0 Å². The number of nitrogens with zero attached hydrogens (tertiary/aromatic N) is 1. The zero-order valence-corrected chi connectivity index (χ0v) is 17.3. The van der Waals surface area contributed by atoms with Crippen molar-refractivity contribution in [3.8, 4) is 11.5 Å². The minimum Gasteiger partial charge on any atom is -0.491 e. The SMILES string of the molecule is O=C1OCC(COc2ccc(OCc3ccccc3)cc2)N1CCC1CCNCC1. The molecule has 0 aliphatic carbocycles. The Kier molecular flexibility index (Phi) is 7.08. The van der Waals surface area contributed by atoms with Crippen LogP contribution < -0.4 is 14.8 Å². The summed E-state index contributed by atoms with van der Waals surface area (Å²) in [4.78, 5) is 14.0. The highest BCUT2D eigenvalue weighted by Gasteiger charge is 2.33. The molecular formula is C24H30N2O4. The molecular weight excluding hydrogens is 380 g/mol. The Hall–Kier alpha value is -2.73. The van der Waals surface area contributed by atoms with Gasteiger partial charge in [-0.1, -0.05) is 30.3 Å². The van der Waals surface area contributed by atoms with Crippen LogP contribution in [0.3, 0.4) is 0 Å². The fourth-order valence-electron chi connectivity index (χ4n) is 3.96. The Morgan fingerprint density at radius 1 is 0.967 bits per heavy atom. The van der Waals surface area contributed by atoms with Crippen molar-refractivity contribution in [2.75, 3.05) is 32.8 Å². The fourth-order valence-corrected chi connectivity index (χ4v) is 3.96. The van der Waals surface area contributed by atoms with E-state index in [0.29, 0.717) is 25.7 Å². The molecule has 0 bridgehead atoms. The first-order valence-corrected chi connectivity index (χ1v) is 10.8. The molecule has 4 rings (SSSR count). The monoisotopic (exact) mass is 410 g/mol. The molecule has 30 heavy (non-hydrogen) atoms. The maximum absolute atomic E-state index is 12.1. The van der Waals surface area contributed by atoms with Crippen LogP contribution in [0.15, 0.2) is 54.6 Å². The predicted octanol–water partition coefficient (Wildman–Crippen LogP) is 3.85. The van der Waals surface area contributed by atoms with Crippen molar-refractivity contribution in [3.05, 3.63) is 60.2 Å². The van der Waals surface area contributed by atoms with E-state index in [1.807, 2.05) is 59.5 Å². The highest BCUT2D eigenvalue weighted by atomic mass is 16.6. The first-order valence-electron chi connectivity index (χ1n) is 10.8. The molecule has 2 saturated heterocycles. The average molecular weight is 411 g/mol. The van der Waals surface area contributed by atoms with Gasteiger partial charge >= 0.3 is 6.09 Å². The van der Waals surface area contributed by atoms with E-state index >= 15 is 0 Å². The van der Waals surface area contributed by atoms with Gasteiger partial charge in [0.25, 0.3) is 0 Å². The maximum Gasteiger partial charge on any atom is 0.410 e. The summed E-state index contributed by atoms with van der Waals surface area (Å²) >= 11 is 0. The van der Waals surface area contributed by atoms with Crippen LogP contribution in [-0.4, -0.2) is 49.9 Å². The summed E-state index contributed by atoms with van der Waals surface area (Å²) in [5.41, 5.74) is 1.13. The summed E-state index contributed by atoms with van der Waals surface area (Å²) in [7, 11) is 0. The number of nitrogens with one attached hydrogen (secondary N) is 1. The van der Waals surface area contributed by atoms with E-state index in [9.17, 15) is 4.79 Å². The van der Waals surface area contributed by atoms with Crippen LogP contribution in [0.1, 0.15) is 24.8 Å². The number of hydrogen-bond acceptors (Lipinski definition) is 5. The van der Waals surface area contributed by atoms with Gasteiger partial charge in [-0.2, -0.15) is 0 Å². The predicted molar refractivity (Wildman–Crippen MR) is 115 cm³/mol. The second-order valence-corrected chi connectivity index (χ2v) is 7.96. The molecule has 2 heterocycles. The molecule has 2 aromatic carbocycles. The van der Waals surface area contributed by atoms with Crippen LogP contribution in [-0.2, 0) is 11.3 Å². The third-order valence-corrected chi connectivity index (χ3v) is 5.83. The van der Waals surface area contributed by atoms with E-state index in [-0.39, 0.29) is 12.1 Å². The highest BCUT2D eigenvalue weighted by molar-refractivity contribution is 5.70.